The molecule has 0 N–H and O–H groups in total. The summed E-state index contributed by atoms with van der Waals surface area (Å²) in [6, 6.07) is 3.69. The van der Waals surface area contributed by atoms with Crippen molar-refractivity contribution >= 4 is 30.1 Å². The Morgan fingerprint density at radius 1 is 1.19 bits per heavy atom. The molecule has 0 aliphatic carbocycles. The predicted octanol–water partition coefficient (Wildman–Crippen LogP) is 3.00. The van der Waals surface area contributed by atoms with Crippen LogP contribution >= 0.6 is 0 Å². The van der Waals surface area contributed by atoms with E-state index in [9.17, 15) is 4.79 Å². The maximum absolute atomic E-state index is 12.4. The van der Waals surface area contributed by atoms with Gasteiger partial charge in [-0.3, -0.25) is 4.90 Å². The van der Waals surface area contributed by atoms with Gasteiger partial charge in [0.1, 0.15) is 11.2 Å². The maximum atomic E-state index is 12.4. The molecular formula is C19H28BN3O4. The third kappa shape index (κ3) is 3.68. The zero-order valence-corrected chi connectivity index (χ0v) is 17.4. The van der Waals surface area contributed by atoms with Crippen LogP contribution < -0.4 is 10.5 Å². The normalized spacial score (nSPS) is 18.7. The minimum Gasteiger partial charge on any atom is -0.443 e. The second kappa shape index (κ2) is 6.24. The van der Waals surface area contributed by atoms with E-state index >= 15 is 0 Å². The number of hydrogen-bond acceptors (Lipinski definition) is 5. The van der Waals surface area contributed by atoms with Gasteiger partial charge in [-0.25, -0.2) is 9.78 Å². The van der Waals surface area contributed by atoms with Crippen LogP contribution in [0.1, 0.15) is 48.5 Å². The van der Waals surface area contributed by atoms with Crippen LogP contribution in [0.3, 0.4) is 0 Å². The van der Waals surface area contributed by atoms with Gasteiger partial charge in [-0.05, 0) is 60.6 Å². The molecule has 0 atom stereocenters. The first-order valence-electron chi connectivity index (χ1n) is 9.10. The van der Waals surface area contributed by atoms with E-state index in [2.05, 4.69) is 4.98 Å². The molecule has 0 bridgehead atoms. The number of fused-ring (bicyclic) bond motifs is 1. The number of aromatic nitrogens is 2. The highest BCUT2D eigenvalue weighted by molar-refractivity contribution is 6.61. The molecule has 2 aromatic rings. The van der Waals surface area contributed by atoms with Crippen molar-refractivity contribution in [3.63, 3.8) is 0 Å². The van der Waals surface area contributed by atoms with Crippen molar-refractivity contribution in [2.75, 3.05) is 11.9 Å². The van der Waals surface area contributed by atoms with Gasteiger partial charge in [0.2, 0.25) is 0 Å². The predicted molar refractivity (Wildman–Crippen MR) is 106 cm³/mol. The van der Waals surface area contributed by atoms with E-state index in [1.54, 1.807) is 13.2 Å². The van der Waals surface area contributed by atoms with Gasteiger partial charge in [-0.1, -0.05) is 0 Å². The average Bonchev–Trinajstić information content (AvgIpc) is 3.02. The molecule has 1 fully saturated rings. The SMILES string of the molecule is CN(C(=O)OC(C)(C)C)c1ccc2ncc(B3OC(C)(C)C(C)(C)O3)n2c1. The lowest BCUT2D eigenvalue weighted by molar-refractivity contribution is 0.00578. The molecule has 0 radical (unpaired) electrons. The second-order valence-corrected chi connectivity index (χ2v) is 8.93. The van der Waals surface area contributed by atoms with Crippen LogP contribution in [0.15, 0.2) is 24.5 Å². The number of amides is 1. The molecule has 146 valence electrons. The number of pyridine rings is 1. The lowest BCUT2D eigenvalue weighted by Gasteiger charge is -2.32. The van der Waals surface area contributed by atoms with Crippen LogP contribution in [-0.2, 0) is 14.0 Å². The van der Waals surface area contributed by atoms with Crippen molar-refractivity contribution in [3.05, 3.63) is 24.5 Å². The summed E-state index contributed by atoms with van der Waals surface area (Å²) in [5, 5.41) is 0. The molecule has 1 saturated heterocycles. The molecule has 8 heteroatoms. The van der Waals surface area contributed by atoms with E-state index in [0.717, 1.165) is 11.2 Å². The molecule has 3 rings (SSSR count). The number of carbonyl (C=O) groups excluding carboxylic acids is 1. The Kier molecular flexibility index (Phi) is 4.55. The van der Waals surface area contributed by atoms with E-state index in [4.69, 9.17) is 14.0 Å². The number of nitrogens with zero attached hydrogens (tertiary/aromatic N) is 3. The first-order chi connectivity index (χ1) is 12.3. The molecule has 1 aliphatic heterocycles. The van der Waals surface area contributed by atoms with Crippen molar-refractivity contribution < 1.29 is 18.8 Å². The Morgan fingerprint density at radius 2 is 1.78 bits per heavy atom. The first-order valence-corrected chi connectivity index (χ1v) is 9.10. The Labute approximate surface area is 160 Å². The summed E-state index contributed by atoms with van der Waals surface area (Å²) < 4.78 is 19.6. The first kappa shape index (κ1) is 19.7. The van der Waals surface area contributed by atoms with Gasteiger partial charge in [-0.2, -0.15) is 0 Å². The fourth-order valence-electron chi connectivity index (χ4n) is 2.76. The van der Waals surface area contributed by atoms with Crippen LogP contribution in [-0.4, -0.2) is 46.4 Å². The lowest BCUT2D eigenvalue weighted by atomic mass is 9.85. The number of anilines is 1. The number of imidazole rings is 1. The Bertz CT molecular complexity index is 853. The van der Waals surface area contributed by atoms with E-state index in [1.165, 1.54) is 4.90 Å². The van der Waals surface area contributed by atoms with E-state index in [-0.39, 0.29) is 0 Å². The summed E-state index contributed by atoms with van der Waals surface area (Å²) >= 11 is 0. The summed E-state index contributed by atoms with van der Waals surface area (Å²) in [7, 11) is 1.15. The van der Waals surface area contributed by atoms with Gasteiger partial charge in [0.05, 0.1) is 22.5 Å². The second-order valence-electron chi connectivity index (χ2n) is 8.93. The lowest BCUT2D eigenvalue weighted by Crippen LogP contribution is -2.41. The molecular weight excluding hydrogens is 345 g/mol. The molecule has 7 nitrogen and oxygen atoms in total. The van der Waals surface area contributed by atoms with Gasteiger partial charge in [-0.15, -0.1) is 0 Å². The van der Waals surface area contributed by atoms with Gasteiger partial charge >= 0.3 is 13.2 Å². The third-order valence-corrected chi connectivity index (χ3v) is 5.07. The van der Waals surface area contributed by atoms with Crippen molar-refractivity contribution in [1.82, 2.24) is 9.38 Å². The van der Waals surface area contributed by atoms with Crippen LogP contribution in [0, 0.1) is 0 Å². The third-order valence-electron chi connectivity index (χ3n) is 5.07. The van der Waals surface area contributed by atoms with Crippen molar-refractivity contribution in [2.24, 2.45) is 0 Å². The highest BCUT2D eigenvalue weighted by Crippen LogP contribution is 2.36. The minimum absolute atomic E-state index is 0.417. The van der Waals surface area contributed by atoms with Crippen molar-refractivity contribution in [1.29, 1.82) is 0 Å². The van der Waals surface area contributed by atoms with Crippen LogP contribution in [0.4, 0.5) is 10.5 Å². The van der Waals surface area contributed by atoms with Crippen LogP contribution in [0.25, 0.3) is 5.65 Å². The zero-order valence-electron chi connectivity index (χ0n) is 17.4. The molecule has 1 amide bonds. The number of ether oxygens (including phenoxy) is 1. The molecule has 1 aliphatic rings. The monoisotopic (exact) mass is 373 g/mol. The molecule has 2 aromatic heterocycles. The largest absolute Gasteiger partial charge is 0.514 e. The smallest absolute Gasteiger partial charge is 0.443 e. The Balaban J connectivity index is 1.92. The van der Waals surface area contributed by atoms with E-state index in [0.29, 0.717) is 5.69 Å². The summed E-state index contributed by atoms with van der Waals surface area (Å²) in [6.07, 6.45) is 3.17. The average molecular weight is 373 g/mol. The topological polar surface area (TPSA) is 65.3 Å². The van der Waals surface area contributed by atoms with Crippen molar-refractivity contribution in [2.45, 2.75) is 65.3 Å². The number of rotatable bonds is 2. The van der Waals surface area contributed by atoms with Gasteiger partial charge in [0.15, 0.2) is 0 Å². The molecule has 0 spiro atoms. The Morgan fingerprint density at radius 3 is 2.33 bits per heavy atom. The van der Waals surface area contributed by atoms with Gasteiger partial charge < -0.3 is 18.4 Å². The standard InChI is InChI=1S/C19H28BN3O4/c1-17(2,3)25-16(24)22(8)13-9-10-15-21-11-14(23(15)12-13)20-26-18(4,5)19(6,7)27-20/h9-12H,1-8H3. The summed E-state index contributed by atoms with van der Waals surface area (Å²) in [4.78, 5) is 18.3. The number of carbonyl (C=O) groups is 1. The fraction of sp³-hybridized carbons (Fsp3) is 0.579. The highest BCUT2D eigenvalue weighted by Gasteiger charge is 2.52. The summed E-state index contributed by atoms with van der Waals surface area (Å²) in [5.41, 5.74) is 0.786. The highest BCUT2D eigenvalue weighted by atomic mass is 16.7. The van der Waals surface area contributed by atoms with E-state index in [1.807, 2.05) is 71.2 Å². The molecule has 0 unspecified atom stereocenters. The Hall–Kier alpha value is -2.06. The number of hydrogen-bond donors (Lipinski definition) is 0. The molecule has 0 saturated carbocycles. The molecule has 0 aromatic carbocycles. The van der Waals surface area contributed by atoms with Crippen molar-refractivity contribution in [3.8, 4) is 0 Å². The maximum Gasteiger partial charge on any atom is 0.514 e. The van der Waals surface area contributed by atoms with Gasteiger partial charge in [0.25, 0.3) is 0 Å². The van der Waals surface area contributed by atoms with Gasteiger partial charge in [0, 0.05) is 19.4 Å². The molecule has 3 heterocycles. The minimum atomic E-state index is -0.557. The van der Waals surface area contributed by atoms with E-state index < -0.39 is 30.0 Å². The quantitative estimate of drug-likeness (QED) is 0.758. The summed E-state index contributed by atoms with van der Waals surface area (Å²) in [5.74, 6) is 0. The summed E-state index contributed by atoms with van der Waals surface area (Å²) in [6.45, 7) is 13.6. The van der Waals surface area contributed by atoms with Crippen LogP contribution in [0.2, 0.25) is 0 Å². The molecule has 27 heavy (non-hydrogen) atoms. The fourth-order valence-corrected chi connectivity index (χ4v) is 2.76. The zero-order chi connectivity index (χ0) is 20.2. The van der Waals surface area contributed by atoms with Crippen LogP contribution in [0.5, 0.6) is 0 Å².